The summed E-state index contributed by atoms with van der Waals surface area (Å²) in [7, 11) is -7.62. The van der Waals surface area contributed by atoms with Gasteiger partial charge in [-0.1, -0.05) is 43.0 Å². The molecule has 2 aromatic heterocycles. The smallest absolute Gasteiger partial charge is 0.304 e. The average Bonchev–Trinajstić information content (AvgIpc) is 3.40. The van der Waals surface area contributed by atoms with E-state index in [0.717, 1.165) is 69.4 Å². The van der Waals surface area contributed by atoms with Gasteiger partial charge in [0, 0.05) is 42.9 Å². The van der Waals surface area contributed by atoms with Crippen LogP contribution in [0.25, 0.3) is 0 Å². The van der Waals surface area contributed by atoms with E-state index in [1.54, 1.807) is 10.4 Å². The molecule has 4 heterocycles. The Kier molecular flexibility index (Phi) is 13.2. The number of carboxylic acid groups (broad SMARTS) is 1. The third-order valence-corrected chi connectivity index (χ3v) is 16.1. The first-order chi connectivity index (χ1) is 23.2. The van der Waals surface area contributed by atoms with Crippen molar-refractivity contribution in [2.45, 2.75) is 72.9 Å². The van der Waals surface area contributed by atoms with E-state index in [-0.39, 0.29) is 15.5 Å². The van der Waals surface area contributed by atoms with Crippen LogP contribution in [0, 0.1) is 17.7 Å². The predicted octanol–water partition coefficient (Wildman–Crippen LogP) is 7.31. The van der Waals surface area contributed by atoms with Crippen LogP contribution in [0.15, 0.2) is 60.6 Å². The van der Waals surface area contributed by atoms with E-state index in [2.05, 4.69) is 46.5 Å². The monoisotopic (exact) mass is 882 g/mol. The van der Waals surface area contributed by atoms with E-state index < -0.39 is 44.3 Å². The van der Waals surface area contributed by atoms with E-state index in [1.165, 1.54) is 36.5 Å². The molecule has 2 saturated heterocycles. The average molecular weight is 885 g/mol. The molecule has 0 spiro atoms. The number of anilines is 1. The Balaban J connectivity index is 1.07. The van der Waals surface area contributed by atoms with Gasteiger partial charge in [-0.15, -0.1) is 11.3 Å². The van der Waals surface area contributed by atoms with Gasteiger partial charge in [0.25, 0.3) is 10.0 Å². The Hall–Kier alpha value is -1.66. The molecule has 49 heavy (non-hydrogen) atoms. The number of sulfonamides is 2. The molecule has 0 saturated carbocycles. The SMILES string of the molecule is O=C(O)CC(Cc1ccc(F)cc1)NS(=O)(=O)c1cnc(N2CCC(CCCC3CCN(S(=O)(=O)c4cc(Br)c(Cl)s4)CC3)CC2)c(Br)c1. The van der Waals surface area contributed by atoms with Gasteiger partial charge in [-0.25, -0.2) is 30.9 Å². The summed E-state index contributed by atoms with van der Waals surface area (Å²) in [5, 5.41) is 9.35. The number of pyridine rings is 1. The zero-order valence-corrected chi connectivity index (χ0v) is 32.9. The van der Waals surface area contributed by atoms with Gasteiger partial charge in [-0.2, -0.15) is 4.31 Å². The van der Waals surface area contributed by atoms with Gasteiger partial charge < -0.3 is 10.0 Å². The maximum Gasteiger partial charge on any atom is 0.304 e. The molecular formula is C32H38Br2ClFN4O6S3. The Morgan fingerprint density at radius 2 is 1.61 bits per heavy atom. The van der Waals surface area contributed by atoms with Crippen molar-refractivity contribution in [1.29, 1.82) is 0 Å². The Morgan fingerprint density at radius 3 is 2.16 bits per heavy atom. The van der Waals surface area contributed by atoms with Crippen molar-refractivity contribution in [2.24, 2.45) is 11.8 Å². The first kappa shape index (κ1) is 38.6. The van der Waals surface area contributed by atoms with Crippen molar-refractivity contribution in [3.8, 4) is 0 Å². The highest BCUT2D eigenvalue weighted by molar-refractivity contribution is 9.11. The van der Waals surface area contributed by atoms with Crippen LogP contribution in [0.2, 0.25) is 4.34 Å². The van der Waals surface area contributed by atoms with Gasteiger partial charge in [0.1, 0.15) is 25.1 Å². The summed E-state index contributed by atoms with van der Waals surface area (Å²) in [6, 6.07) is 7.62. The van der Waals surface area contributed by atoms with Gasteiger partial charge in [0.15, 0.2) is 0 Å². The summed E-state index contributed by atoms with van der Waals surface area (Å²) in [6.45, 7) is 2.63. The summed E-state index contributed by atoms with van der Waals surface area (Å²) in [6.07, 6.45) is 7.92. The summed E-state index contributed by atoms with van der Waals surface area (Å²) in [5.74, 6) is 0.155. The van der Waals surface area contributed by atoms with Gasteiger partial charge >= 0.3 is 5.97 Å². The second kappa shape index (κ2) is 16.8. The van der Waals surface area contributed by atoms with Crippen LogP contribution < -0.4 is 9.62 Å². The summed E-state index contributed by atoms with van der Waals surface area (Å²) < 4.78 is 71.7. The lowest BCUT2D eigenvalue weighted by molar-refractivity contribution is -0.137. The third-order valence-electron chi connectivity index (χ3n) is 9.17. The highest BCUT2D eigenvalue weighted by atomic mass is 79.9. The van der Waals surface area contributed by atoms with E-state index in [9.17, 15) is 31.1 Å². The highest BCUT2D eigenvalue weighted by Crippen LogP contribution is 2.37. The molecule has 0 aliphatic carbocycles. The molecule has 1 unspecified atom stereocenters. The van der Waals surface area contributed by atoms with Crippen molar-refractivity contribution in [2.75, 3.05) is 31.1 Å². The molecule has 10 nitrogen and oxygen atoms in total. The first-order valence-corrected chi connectivity index (χ1v) is 21.8. The van der Waals surface area contributed by atoms with E-state index in [0.29, 0.717) is 49.6 Å². The number of aliphatic carboxylic acids is 1. The number of benzene rings is 1. The standard InChI is InChI=1S/C32H38Br2ClFN4O6S3/c33-27-19-30(47-31(27)35)49(45,46)40-14-10-22(11-15-40)3-1-2-21-8-12-39(13-9-21)32-28(34)18-26(20-37-32)48(43,44)38-25(17-29(41)42)16-23-4-6-24(36)7-5-23/h4-7,18-22,25,38H,1-3,8-17H2,(H,41,42). The van der Waals surface area contributed by atoms with Crippen LogP contribution >= 0.6 is 54.8 Å². The number of nitrogens with zero attached hydrogens (tertiary/aromatic N) is 3. The van der Waals surface area contributed by atoms with Crippen LogP contribution in [0.1, 0.15) is 56.9 Å². The largest absolute Gasteiger partial charge is 0.481 e. The number of hydrogen-bond acceptors (Lipinski definition) is 8. The lowest BCUT2D eigenvalue weighted by Gasteiger charge is -2.34. The molecule has 1 atom stereocenters. The predicted molar refractivity (Wildman–Crippen MR) is 196 cm³/mol. The molecule has 2 N–H and O–H groups in total. The quantitative estimate of drug-likeness (QED) is 0.172. The van der Waals surface area contributed by atoms with Crippen molar-refractivity contribution in [1.82, 2.24) is 14.0 Å². The minimum atomic E-state index is -4.09. The van der Waals surface area contributed by atoms with Crippen molar-refractivity contribution in [3.05, 3.63) is 67.3 Å². The molecule has 0 radical (unpaired) electrons. The van der Waals surface area contributed by atoms with E-state index >= 15 is 0 Å². The second-order valence-corrected chi connectivity index (χ2v) is 19.9. The number of carbonyl (C=O) groups is 1. The Labute approximate surface area is 312 Å². The number of hydrogen-bond donors (Lipinski definition) is 2. The molecule has 3 aromatic rings. The molecule has 268 valence electrons. The minimum Gasteiger partial charge on any atom is -0.481 e. The zero-order valence-electron chi connectivity index (χ0n) is 26.5. The fourth-order valence-electron chi connectivity index (χ4n) is 6.50. The third kappa shape index (κ3) is 10.2. The Morgan fingerprint density at radius 1 is 1.00 bits per heavy atom. The molecule has 5 rings (SSSR count). The molecule has 17 heteroatoms. The highest BCUT2D eigenvalue weighted by Gasteiger charge is 2.32. The van der Waals surface area contributed by atoms with Crippen LogP contribution in [0.3, 0.4) is 0 Å². The van der Waals surface area contributed by atoms with Crippen LogP contribution in [0.4, 0.5) is 10.2 Å². The summed E-state index contributed by atoms with van der Waals surface area (Å²) in [5.41, 5.74) is 0.608. The number of thiophene rings is 1. The van der Waals surface area contributed by atoms with E-state index in [1.807, 2.05) is 0 Å². The van der Waals surface area contributed by atoms with Gasteiger partial charge in [-0.05, 0) is 106 Å². The van der Waals surface area contributed by atoms with Crippen LogP contribution in [0.5, 0.6) is 0 Å². The van der Waals surface area contributed by atoms with E-state index in [4.69, 9.17) is 11.6 Å². The zero-order chi connectivity index (χ0) is 35.3. The van der Waals surface area contributed by atoms with Crippen molar-refractivity contribution < 1.29 is 31.1 Å². The summed E-state index contributed by atoms with van der Waals surface area (Å²) in [4.78, 5) is 18.0. The molecule has 0 amide bonds. The topological polar surface area (TPSA) is 137 Å². The number of piperidine rings is 2. The normalized spacial score (nSPS) is 17.8. The molecule has 0 bridgehead atoms. The number of aromatic nitrogens is 1. The number of halogens is 4. The molecular weight excluding hydrogens is 847 g/mol. The number of carboxylic acids is 1. The number of rotatable bonds is 14. The second-order valence-electron chi connectivity index (χ2n) is 12.6. The fourth-order valence-corrected chi connectivity index (χ4v) is 12.4. The van der Waals surface area contributed by atoms with Crippen molar-refractivity contribution in [3.63, 3.8) is 0 Å². The molecule has 1 aromatic carbocycles. The van der Waals surface area contributed by atoms with Crippen molar-refractivity contribution >= 4 is 86.6 Å². The lowest BCUT2D eigenvalue weighted by atomic mass is 9.87. The molecule has 2 aliphatic heterocycles. The number of nitrogens with one attached hydrogen (secondary N) is 1. The first-order valence-electron chi connectivity index (χ1n) is 16.1. The fraction of sp³-hybridized carbons (Fsp3) is 0.500. The van der Waals surface area contributed by atoms with Gasteiger partial charge in [0.05, 0.1) is 10.9 Å². The van der Waals surface area contributed by atoms with Gasteiger partial charge in [-0.3, -0.25) is 4.79 Å². The van der Waals surface area contributed by atoms with Crippen LogP contribution in [-0.4, -0.2) is 69.4 Å². The van der Waals surface area contributed by atoms with Gasteiger partial charge in [0.2, 0.25) is 10.0 Å². The lowest BCUT2D eigenvalue weighted by Crippen LogP contribution is -2.38. The molecule has 2 aliphatic rings. The maximum absolute atomic E-state index is 13.3. The maximum atomic E-state index is 13.3. The summed E-state index contributed by atoms with van der Waals surface area (Å²) >= 11 is 13.9. The van der Waals surface area contributed by atoms with Crippen LogP contribution in [-0.2, 0) is 31.3 Å². The molecule has 2 fully saturated rings. The minimum absolute atomic E-state index is 0.0834. The Bertz CT molecular complexity index is 1810.